The fourth-order valence-corrected chi connectivity index (χ4v) is 1.08. The fraction of sp³-hybridized carbons (Fsp3) is 1.00. The molecule has 0 bridgehead atoms. The van der Waals surface area contributed by atoms with E-state index in [4.69, 9.17) is 9.47 Å². The van der Waals surface area contributed by atoms with E-state index in [1.807, 2.05) is 6.92 Å². The van der Waals surface area contributed by atoms with E-state index in [1.54, 1.807) is 0 Å². The van der Waals surface area contributed by atoms with Crippen LogP contribution in [0.25, 0.3) is 0 Å². The molecule has 0 aromatic carbocycles. The van der Waals surface area contributed by atoms with Crippen LogP contribution < -0.4 is 0 Å². The number of nitro groups is 1. The standard InChI is InChI=1S/C7H15NO4/c1-4-6(5-8(9)10)7(11-2)12-3/h6-7H,4-5H2,1-3H3/t6-/m1/s1. The third-order valence-corrected chi connectivity index (χ3v) is 1.76. The summed E-state index contributed by atoms with van der Waals surface area (Å²) in [7, 11) is 2.97. The van der Waals surface area contributed by atoms with Gasteiger partial charge in [-0.05, 0) is 6.42 Å². The van der Waals surface area contributed by atoms with E-state index in [-0.39, 0.29) is 17.4 Å². The predicted octanol–water partition coefficient (Wildman–Crippen LogP) is 0.908. The van der Waals surface area contributed by atoms with Gasteiger partial charge in [-0.15, -0.1) is 0 Å². The zero-order valence-electron chi connectivity index (χ0n) is 7.65. The number of hydrogen-bond donors (Lipinski definition) is 0. The second kappa shape index (κ2) is 5.91. The van der Waals surface area contributed by atoms with Gasteiger partial charge < -0.3 is 9.47 Å². The predicted molar refractivity (Wildman–Crippen MR) is 43.4 cm³/mol. The van der Waals surface area contributed by atoms with Crippen LogP contribution in [0.1, 0.15) is 13.3 Å². The van der Waals surface area contributed by atoms with E-state index in [0.29, 0.717) is 6.42 Å². The quantitative estimate of drug-likeness (QED) is 0.343. The smallest absolute Gasteiger partial charge is 0.211 e. The molecule has 72 valence electrons. The first-order chi connectivity index (χ1) is 5.65. The molecule has 0 heterocycles. The van der Waals surface area contributed by atoms with Crippen molar-refractivity contribution in [1.29, 1.82) is 0 Å². The average Bonchev–Trinajstić information content (AvgIpc) is 2.04. The van der Waals surface area contributed by atoms with Gasteiger partial charge in [-0.1, -0.05) is 6.92 Å². The van der Waals surface area contributed by atoms with Crippen molar-refractivity contribution in [2.45, 2.75) is 19.6 Å². The highest BCUT2D eigenvalue weighted by atomic mass is 16.7. The summed E-state index contributed by atoms with van der Waals surface area (Å²) in [4.78, 5) is 9.85. The van der Waals surface area contributed by atoms with Crippen LogP contribution in [0.2, 0.25) is 0 Å². The second-order valence-electron chi connectivity index (χ2n) is 2.52. The lowest BCUT2D eigenvalue weighted by molar-refractivity contribution is -0.493. The Morgan fingerprint density at radius 2 is 1.92 bits per heavy atom. The molecule has 5 heteroatoms. The van der Waals surface area contributed by atoms with E-state index in [9.17, 15) is 10.1 Å². The topological polar surface area (TPSA) is 61.6 Å². The normalized spacial score (nSPS) is 13.3. The third kappa shape index (κ3) is 3.64. The molecule has 0 unspecified atom stereocenters. The van der Waals surface area contributed by atoms with Crippen LogP contribution in [0.3, 0.4) is 0 Å². The van der Waals surface area contributed by atoms with Crippen molar-refractivity contribution < 1.29 is 14.4 Å². The highest BCUT2D eigenvalue weighted by Gasteiger charge is 2.23. The van der Waals surface area contributed by atoms with Crippen molar-refractivity contribution >= 4 is 0 Å². The molecule has 0 aromatic heterocycles. The molecule has 5 nitrogen and oxygen atoms in total. The summed E-state index contributed by atoms with van der Waals surface area (Å²) < 4.78 is 9.85. The van der Waals surface area contributed by atoms with Gasteiger partial charge in [0.1, 0.15) is 0 Å². The van der Waals surface area contributed by atoms with Crippen LogP contribution >= 0.6 is 0 Å². The van der Waals surface area contributed by atoms with E-state index < -0.39 is 6.29 Å². The second-order valence-corrected chi connectivity index (χ2v) is 2.52. The Balaban J connectivity index is 4.01. The number of ether oxygens (including phenoxy) is 2. The SMILES string of the molecule is CC[C@H](C[N+](=O)[O-])C(OC)OC. The molecule has 0 fully saturated rings. The average molecular weight is 177 g/mol. The van der Waals surface area contributed by atoms with Gasteiger partial charge in [-0.3, -0.25) is 10.1 Å². The third-order valence-electron chi connectivity index (χ3n) is 1.76. The monoisotopic (exact) mass is 177 g/mol. The summed E-state index contributed by atoms with van der Waals surface area (Å²) in [5, 5.41) is 10.2. The number of rotatable bonds is 6. The molecule has 0 saturated heterocycles. The fourth-order valence-electron chi connectivity index (χ4n) is 1.08. The first-order valence-corrected chi connectivity index (χ1v) is 3.83. The molecule has 12 heavy (non-hydrogen) atoms. The Labute approximate surface area is 71.8 Å². The summed E-state index contributed by atoms with van der Waals surface area (Å²) >= 11 is 0. The van der Waals surface area contributed by atoms with Gasteiger partial charge in [0.25, 0.3) is 0 Å². The molecule has 0 spiro atoms. The van der Waals surface area contributed by atoms with Gasteiger partial charge in [0.05, 0.1) is 5.92 Å². The Morgan fingerprint density at radius 3 is 2.17 bits per heavy atom. The van der Waals surface area contributed by atoms with Crippen LogP contribution in [-0.2, 0) is 9.47 Å². The lowest BCUT2D eigenvalue weighted by Gasteiger charge is -2.19. The van der Waals surface area contributed by atoms with Gasteiger partial charge in [0.15, 0.2) is 6.29 Å². The minimum absolute atomic E-state index is 0.108. The van der Waals surface area contributed by atoms with Gasteiger partial charge in [0.2, 0.25) is 6.54 Å². The van der Waals surface area contributed by atoms with E-state index in [2.05, 4.69) is 0 Å². The molecule has 0 radical (unpaired) electrons. The molecule has 0 aliphatic rings. The van der Waals surface area contributed by atoms with E-state index in [0.717, 1.165) is 0 Å². The van der Waals surface area contributed by atoms with Crippen LogP contribution in [0.15, 0.2) is 0 Å². The zero-order chi connectivity index (χ0) is 9.56. The summed E-state index contributed by atoms with van der Waals surface area (Å²) in [5.74, 6) is -0.171. The first-order valence-electron chi connectivity index (χ1n) is 3.83. The Kier molecular flexibility index (Phi) is 5.57. The van der Waals surface area contributed by atoms with Gasteiger partial charge in [0, 0.05) is 19.1 Å². The number of nitrogens with zero attached hydrogens (tertiary/aromatic N) is 1. The minimum Gasteiger partial charge on any atom is -0.355 e. The number of methoxy groups -OCH3 is 2. The highest BCUT2D eigenvalue weighted by molar-refractivity contribution is 4.58. The molecule has 0 aliphatic heterocycles. The lowest BCUT2D eigenvalue weighted by atomic mass is 10.1. The van der Waals surface area contributed by atoms with Crippen LogP contribution in [-0.4, -0.2) is 32.0 Å². The minimum atomic E-state index is -0.472. The lowest BCUT2D eigenvalue weighted by Crippen LogP contribution is -2.30. The summed E-state index contributed by atoms with van der Waals surface area (Å²) in [6, 6.07) is 0. The molecule has 0 aliphatic carbocycles. The maximum Gasteiger partial charge on any atom is 0.211 e. The Morgan fingerprint density at radius 1 is 1.42 bits per heavy atom. The molecule has 0 N–H and O–H groups in total. The zero-order valence-corrected chi connectivity index (χ0v) is 7.65. The van der Waals surface area contributed by atoms with Crippen molar-refractivity contribution in [3.8, 4) is 0 Å². The largest absolute Gasteiger partial charge is 0.355 e. The van der Waals surface area contributed by atoms with Crippen LogP contribution in [0.4, 0.5) is 0 Å². The summed E-state index contributed by atoms with van der Waals surface area (Å²) in [6.07, 6.45) is 0.202. The first kappa shape index (κ1) is 11.3. The maximum atomic E-state index is 10.2. The van der Waals surface area contributed by atoms with E-state index >= 15 is 0 Å². The molecule has 0 amide bonds. The van der Waals surface area contributed by atoms with Crippen molar-refractivity contribution in [3.63, 3.8) is 0 Å². The van der Waals surface area contributed by atoms with Crippen LogP contribution in [0, 0.1) is 16.0 Å². The molecule has 0 saturated carbocycles. The van der Waals surface area contributed by atoms with Crippen molar-refractivity contribution in [2.24, 2.45) is 5.92 Å². The molecular weight excluding hydrogens is 162 g/mol. The Hall–Kier alpha value is -0.680. The van der Waals surface area contributed by atoms with Gasteiger partial charge in [-0.25, -0.2) is 0 Å². The summed E-state index contributed by atoms with van der Waals surface area (Å²) in [6.45, 7) is 1.77. The van der Waals surface area contributed by atoms with E-state index in [1.165, 1.54) is 14.2 Å². The van der Waals surface area contributed by atoms with Gasteiger partial charge in [-0.2, -0.15) is 0 Å². The van der Waals surface area contributed by atoms with Crippen molar-refractivity contribution in [3.05, 3.63) is 10.1 Å². The van der Waals surface area contributed by atoms with Crippen LogP contribution in [0.5, 0.6) is 0 Å². The maximum absolute atomic E-state index is 10.2. The molecule has 0 rings (SSSR count). The Bertz CT molecular complexity index is 135. The molecule has 1 atom stereocenters. The summed E-state index contributed by atoms with van der Waals surface area (Å²) in [5.41, 5.74) is 0. The number of hydrogen-bond acceptors (Lipinski definition) is 4. The molecular formula is C7H15NO4. The molecule has 0 aromatic rings. The highest BCUT2D eigenvalue weighted by Crippen LogP contribution is 2.12. The van der Waals surface area contributed by atoms with Gasteiger partial charge >= 0.3 is 0 Å². The van der Waals surface area contributed by atoms with Crippen molar-refractivity contribution in [2.75, 3.05) is 20.8 Å². The van der Waals surface area contributed by atoms with Crippen molar-refractivity contribution in [1.82, 2.24) is 0 Å².